The van der Waals surface area contributed by atoms with Gasteiger partial charge in [0.1, 0.15) is 6.61 Å². The molecule has 0 aromatic heterocycles. The minimum Gasteiger partial charge on any atom is -0.486 e. The van der Waals surface area contributed by atoms with Gasteiger partial charge in [-0.3, -0.25) is 0 Å². The zero-order chi connectivity index (χ0) is 14.5. The highest BCUT2D eigenvalue weighted by Gasteiger charge is 2.09. The number of benzene rings is 2. The Hall–Kier alpha value is -1.04. The third-order valence-corrected chi connectivity index (χ3v) is 3.92. The van der Waals surface area contributed by atoms with Gasteiger partial charge in [-0.15, -0.1) is 0 Å². The van der Waals surface area contributed by atoms with Gasteiger partial charge in [0.2, 0.25) is 0 Å². The number of hydrogen-bond acceptors (Lipinski definition) is 3. The summed E-state index contributed by atoms with van der Waals surface area (Å²) in [6.07, 6.45) is 1.30. The van der Waals surface area contributed by atoms with E-state index in [1.165, 1.54) is 6.21 Å². The highest BCUT2D eigenvalue weighted by molar-refractivity contribution is 9.10. The van der Waals surface area contributed by atoms with E-state index in [0.717, 1.165) is 10.0 Å². The average molecular weight is 420 g/mol. The SMILES string of the molecule is O/N=C\c1cc(Cl)c(OCc2ccc(Br)cc2)c(Br)c1. The summed E-state index contributed by atoms with van der Waals surface area (Å²) in [5.41, 5.74) is 1.72. The predicted octanol–water partition coefficient (Wildman–Crippen LogP) is 5.25. The van der Waals surface area contributed by atoms with Crippen LogP contribution in [0.15, 0.2) is 50.5 Å². The highest BCUT2D eigenvalue weighted by atomic mass is 79.9. The molecule has 0 unspecified atom stereocenters. The second kappa shape index (κ2) is 7.11. The summed E-state index contributed by atoms with van der Waals surface area (Å²) < 4.78 is 7.45. The molecule has 0 radical (unpaired) electrons. The summed E-state index contributed by atoms with van der Waals surface area (Å²) in [6.45, 7) is 0.416. The van der Waals surface area contributed by atoms with Crippen LogP contribution in [0.1, 0.15) is 11.1 Å². The van der Waals surface area contributed by atoms with Crippen LogP contribution in [0, 0.1) is 0 Å². The molecule has 0 bridgehead atoms. The normalized spacial score (nSPS) is 10.9. The van der Waals surface area contributed by atoms with Crippen LogP contribution in [0.25, 0.3) is 0 Å². The van der Waals surface area contributed by atoms with E-state index in [-0.39, 0.29) is 0 Å². The second-order valence-corrected chi connectivity index (χ2v) is 6.15. The molecule has 20 heavy (non-hydrogen) atoms. The molecule has 0 aliphatic heterocycles. The lowest BCUT2D eigenvalue weighted by molar-refractivity contribution is 0.304. The molecule has 0 saturated carbocycles. The first kappa shape index (κ1) is 15.4. The quantitative estimate of drug-likeness (QED) is 0.418. The van der Waals surface area contributed by atoms with E-state index in [0.29, 0.717) is 27.4 Å². The van der Waals surface area contributed by atoms with Crippen molar-refractivity contribution in [3.63, 3.8) is 0 Å². The van der Waals surface area contributed by atoms with Crippen LogP contribution in [-0.4, -0.2) is 11.4 Å². The van der Waals surface area contributed by atoms with Gasteiger partial charge in [0.05, 0.1) is 15.7 Å². The lowest BCUT2D eigenvalue weighted by atomic mass is 10.2. The van der Waals surface area contributed by atoms with Crippen molar-refractivity contribution in [3.05, 3.63) is 61.5 Å². The lowest BCUT2D eigenvalue weighted by Gasteiger charge is -2.11. The molecular formula is C14H10Br2ClNO2. The van der Waals surface area contributed by atoms with Gasteiger partial charge in [0.25, 0.3) is 0 Å². The Morgan fingerprint density at radius 3 is 2.50 bits per heavy atom. The summed E-state index contributed by atoms with van der Waals surface area (Å²) in [7, 11) is 0. The van der Waals surface area contributed by atoms with E-state index in [4.69, 9.17) is 21.5 Å². The Balaban J connectivity index is 2.15. The third kappa shape index (κ3) is 3.98. The summed E-state index contributed by atoms with van der Waals surface area (Å²) in [5.74, 6) is 0.560. The summed E-state index contributed by atoms with van der Waals surface area (Å²) >= 11 is 12.9. The summed E-state index contributed by atoms with van der Waals surface area (Å²) in [6, 6.07) is 11.3. The van der Waals surface area contributed by atoms with E-state index in [9.17, 15) is 0 Å². The van der Waals surface area contributed by atoms with Crippen molar-refractivity contribution in [2.45, 2.75) is 6.61 Å². The van der Waals surface area contributed by atoms with Crippen LogP contribution in [-0.2, 0) is 6.61 Å². The Morgan fingerprint density at radius 1 is 1.20 bits per heavy atom. The van der Waals surface area contributed by atoms with Gasteiger partial charge in [0.15, 0.2) is 5.75 Å². The standard InChI is InChI=1S/C14H10Br2ClNO2/c15-11-3-1-9(2-4-11)8-20-14-12(16)5-10(7-18-19)6-13(14)17/h1-7,19H,8H2/b18-7-. The van der Waals surface area contributed by atoms with Crippen molar-refractivity contribution >= 4 is 49.7 Å². The maximum absolute atomic E-state index is 8.52. The first-order valence-electron chi connectivity index (χ1n) is 5.64. The van der Waals surface area contributed by atoms with Gasteiger partial charge in [-0.25, -0.2) is 0 Å². The van der Waals surface area contributed by atoms with Gasteiger partial charge in [-0.1, -0.05) is 44.8 Å². The van der Waals surface area contributed by atoms with Crippen molar-refractivity contribution in [1.29, 1.82) is 0 Å². The first-order chi connectivity index (χ1) is 9.60. The van der Waals surface area contributed by atoms with Crippen LogP contribution in [0.2, 0.25) is 5.02 Å². The molecule has 0 fully saturated rings. The minimum atomic E-state index is 0.416. The zero-order valence-electron chi connectivity index (χ0n) is 10.2. The molecule has 2 aromatic rings. The third-order valence-electron chi connectivity index (χ3n) is 2.52. The fourth-order valence-corrected chi connectivity index (χ4v) is 2.85. The largest absolute Gasteiger partial charge is 0.486 e. The molecule has 0 spiro atoms. The van der Waals surface area contributed by atoms with E-state index in [1.54, 1.807) is 12.1 Å². The van der Waals surface area contributed by atoms with E-state index in [1.807, 2.05) is 24.3 Å². The number of oxime groups is 1. The van der Waals surface area contributed by atoms with Crippen molar-refractivity contribution in [1.82, 2.24) is 0 Å². The number of hydrogen-bond donors (Lipinski definition) is 1. The Bertz CT molecular complexity index is 607. The van der Waals surface area contributed by atoms with Crippen molar-refractivity contribution in [2.24, 2.45) is 5.16 Å². The van der Waals surface area contributed by atoms with Gasteiger partial charge >= 0.3 is 0 Å². The van der Waals surface area contributed by atoms with Crippen LogP contribution in [0.3, 0.4) is 0 Å². The molecule has 0 atom stereocenters. The molecule has 6 heteroatoms. The number of ether oxygens (including phenoxy) is 1. The van der Waals surface area contributed by atoms with Crippen LogP contribution in [0.5, 0.6) is 5.75 Å². The van der Waals surface area contributed by atoms with Gasteiger partial charge < -0.3 is 9.94 Å². The number of rotatable bonds is 4. The fraction of sp³-hybridized carbons (Fsp3) is 0.0714. The smallest absolute Gasteiger partial charge is 0.152 e. The summed E-state index contributed by atoms with van der Waals surface area (Å²) in [5, 5.41) is 11.9. The van der Waals surface area contributed by atoms with Crippen molar-refractivity contribution in [2.75, 3.05) is 0 Å². The number of nitrogens with zero attached hydrogens (tertiary/aromatic N) is 1. The average Bonchev–Trinajstić information content (AvgIpc) is 2.40. The lowest BCUT2D eigenvalue weighted by Crippen LogP contribution is -1.97. The Morgan fingerprint density at radius 2 is 1.90 bits per heavy atom. The fourth-order valence-electron chi connectivity index (χ4n) is 1.59. The molecular weight excluding hydrogens is 409 g/mol. The predicted molar refractivity (Wildman–Crippen MR) is 87.0 cm³/mol. The van der Waals surface area contributed by atoms with Crippen molar-refractivity contribution in [3.8, 4) is 5.75 Å². The molecule has 0 amide bonds. The van der Waals surface area contributed by atoms with Gasteiger partial charge in [-0.05, 0) is 51.3 Å². The van der Waals surface area contributed by atoms with Gasteiger partial charge in [-0.2, -0.15) is 0 Å². The number of halogens is 3. The molecule has 2 aromatic carbocycles. The molecule has 3 nitrogen and oxygen atoms in total. The van der Waals surface area contributed by atoms with Gasteiger partial charge in [0, 0.05) is 4.47 Å². The van der Waals surface area contributed by atoms with E-state index < -0.39 is 0 Å². The molecule has 104 valence electrons. The molecule has 0 aliphatic carbocycles. The van der Waals surface area contributed by atoms with E-state index >= 15 is 0 Å². The Kier molecular flexibility index (Phi) is 5.46. The molecule has 1 N–H and O–H groups in total. The second-order valence-electron chi connectivity index (χ2n) is 3.97. The maximum Gasteiger partial charge on any atom is 0.152 e. The maximum atomic E-state index is 8.52. The first-order valence-corrected chi connectivity index (χ1v) is 7.60. The summed E-state index contributed by atoms with van der Waals surface area (Å²) in [4.78, 5) is 0. The minimum absolute atomic E-state index is 0.416. The van der Waals surface area contributed by atoms with Crippen LogP contribution >= 0.6 is 43.5 Å². The molecule has 0 heterocycles. The van der Waals surface area contributed by atoms with Crippen LogP contribution < -0.4 is 4.74 Å². The zero-order valence-corrected chi connectivity index (χ0v) is 14.1. The molecule has 0 saturated heterocycles. The van der Waals surface area contributed by atoms with Crippen LogP contribution in [0.4, 0.5) is 0 Å². The van der Waals surface area contributed by atoms with E-state index in [2.05, 4.69) is 37.0 Å². The topological polar surface area (TPSA) is 41.8 Å². The molecule has 0 aliphatic rings. The molecule has 2 rings (SSSR count). The monoisotopic (exact) mass is 417 g/mol. The van der Waals surface area contributed by atoms with Crippen molar-refractivity contribution < 1.29 is 9.94 Å². The Labute approximate surface area is 138 Å². The highest BCUT2D eigenvalue weighted by Crippen LogP contribution is 2.34.